The number of non-ortho nitro benzene ring substituents is 1. The van der Waals surface area contributed by atoms with Crippen LogP contribution in [0.4, 0.5) is 5.69 Å². The fourth-order valence-electron chi connectivity index (χ4n) is 2.34. The van der Waals surface area contributed by atoms with Gasteiger partial charge in [0.05, 0.1) is 16.6 Å². The van der Waals surface area contributed by atoms with Crippen molar-refractivity contribution in [1.82, 2.24) is 0 Å². The zero-order valence-electron chi connectivity index (χ0n) is 11.3. The van der Waals surface area contributed by atoms with Crippen LogP contribution in [0.2, 0.25) is 0 Å². The van der Waals surface area contributed by atoms with Crippen molar-refractivity contribution in [3.63, 3.8) is 0 Å². The summed E-state index contributed by atoms with van der Waals surface area (Å²) in [5.41, 5.74) is -0.393. The number of nitro groups is 1. The summed E-state index contributed by atoms with van der Waals surface area (Å²) in [7, 11) is 0. The highest BCUT2D eigenvalue weighted by Crippen LogP contribution is 2.33. The predicted octanol–water partition coefficient (Wildman–Crippen LogP) is 1.29. The van der Waals surface area contributed by atoms with Crippen molar-refractivity contribution < 1.29 is 24.7 Å². The summed E-state index contributed by atoms with van der Waals surface area (Å²) in [6.07, 6.45) is 0. The molecule has 2 rings (SSSR count). The van der Waals surface area contributed by atoms with E-state index in [4.69, 9.17) is 0 Å². The molecule has 1 aliphatic rings. The molecule has 9 nitrogen and oxygen atoms in total. The van der Waals surface area contributed by atoms with Crippen LogP contribution < -0.4 is 0 Å². The van der Waals surface area contributed by atoms with Gasteiger partial charge in [-0.2, -0.15) is 5.10 Å². The summed E-state index contributed by atoms with van der Waals surface area (Å²) in [5, 5.41) is 36.5. The molecule has 114 valence electrons. The zero-order chi connectivity index (χ0) is 16.4. The Bertz CT molecular complexity index is 724. The molecule has 2 atom stereocenters. The highest BCUT2D eigenvalue weighted by atomic mass is 16.6. The highest BCUT2D eigenvalue weighted by molar-refractivity contribution is 6.39. The van der Waals surface area contributed by atoms with E-state index in [0.29, 0.717) is 0 Å². The van der Waals surface area contributed by atoms with Crippen LogP contribution in [0, 0.1) is 16.0 Å². The van der Waals surface area contributed by atoms with Crippen molar-refractivity contribution >= 4 is 29.0 Å². The molecule has 1 aliphatic heterocycles. The number of hydrogen-bond donors (Lipinski definition) is 2. The Balaban J connectivity index is 2.61. The van der Waals surface area contributed by atoms with E-state index in [9.17, 15) is 29.9 Å². The molecule has 0 radical (unpaired) electrons. The first-order valence-electron chi connectivity index (χ1n) is 6.15. The first kappa shape index (κ1) is 15.3. The molecule has 0 saturated carbocycles. The molecular weight excluding hydrogens is 294 g/mol. The standard InChI is InChI=1S/C13H11N3O6/c1-6-9(12(17)18)10(11(13(19)20)15-14-6)7-3-2-4-8(5-7)16(21)22/h2-5,9-10H,1H3,(H,17,18)(H,19,20). The second kappa shape index (κ2) is 5.72. The van der Waals surface area contributed by atoms with Gasteiger partial charge in [-0.3, -0.25) is 14.9 Å². The van der Waals surface area contributed by atoms with Crippen LogP contribution >= 0.6 is 0 Å². The van der Waals surface area contributed by atoms with Gasteiger partial charge in [0.15, 0.2) is 5.71 Å². The average molecular weight is 305 g/mol. The quantitative estimate of drug-likeness (QED) is 0.633. The van der Waals surface area contributed by atoms with E-state index in [-0.39, 0.29) is 17.0 Å². The number of hydrogen-bond acceptors (Lipinski definition) is 6. The van der Waals surface area contributed by atoms with E-state index >= 15 is 0 Å². The molecule has 0 amide bonds. The highest BCUT2D eigenvalue weighted by Gasteiger charge is 2.41. The van der Waals surface area contributed by atoms with Gasteiger partial charge < -0.3 is 10.2 Å². The van der Waals surface area contributed by atoms with Crippen LogP contribution in [0.15, 0.2) is 34.5 Å². The van der Waals surface area contributed by atoms with Crippen LogP contribution in [-0.4, -0.2) is 38.5 Å². The maximum absolute atomic E-state index is 11.5. The van der Waals surface area contributed by atoms with E-state index in [1.807, 2.05) is 0 Å². The Morgan fingerprint density at radius 2 is 1.95 bits per heavy atom. The smallest absolute Gasteiger partial charge is 0.352 e. The Hall–Kier alpha value is -3.10. The molecule has 1 aromatic carbocycles. The number of carbonyl (C=O) groups is 2. The lowest BCUT2D eigenvalue weighted by atomic mass is 9.79. The van der Waals surface area contributed by atoms with Gasteiger partial charge in [0.25, 0.3) is 5.69 Å². The monoisotopic (exact) mass is 305 g/mol. The fourth-order valence-corrected chi connectivity index (χ4v) is 2.34. The molecule has 0 spiro atoms. The Morgan fingerprint density at radius 1 is 1.27 bits per heavy atom. The molecule has 0 aromatic heterocycles. The minimum atomic E-state index is -1.42. The van der Waals surface area contributed by atoms with Crippen LogP contribution in [0.25, 0.3) is 0 Å². The maximum atomic E-state index is 11.5. The number of carboxylic acid groups (broad SMARTS) is 2. The van der Waals surface area contributed by atoms with Crippen molar-refractivity contribution in [3.05, 3.63) is 39.9 Å². The van der Waals surface area contributed by atoms with Crippen molar-refractivity contribution in [2.24, 2.45) is 16.1 Å². The summed E-state index contributed by atoms with van der Waals surface area (Å²) in [6.45, 7) is 1.42. The third-order valence-electron chi connectivity index (χ3n) is 3.32. The van der Waals surface area contributed by atoms with Crippen molar-refractivity contribution in [1.29, 1.82) is 0 Å². The van der Waals surface area contributed by atoms with E-state index in [0.717, 1.165) is 6.07 Å². The van der Waals surface area contributed by atoms with Crippen molar-refractivity contribution in [2.75, 3.05) is 0 Å². The number of nitro benzene ring substituents is 1. The molecule has 9 heteroatoms. The van der Waals surface area contributed by atoms with Gasteiger partial charge in [-0.1, -0.05) is 12.1 Å². The summed E-state index contributed by atoms with van der Waals surface area (Å²) in [5.74, 6) is -5.08. The summed E-state index contributed by atoms with van der Waals surface area (Å²) in [4.78, 5) is 33.0. The van der Waals surface area contributed by atoms with Crippen LogP contribution in [0.3, 0.4) is 0 Å². The van der Waals surface area contributed by atoms with E-state index in [2.05, 4.69) is 10.2 Å². The average Bonchev–Trinajstić information content (AvgIpc) is 2.46. The van der Waals surface area contributed by atoms with Gasteiger partial charge >= 0.3 is 11.9 Å². The summed E-state index contributed by atoms with van der Waals surface area (Å²) < 4.78 is 0. The van der Waals surface area contributed by atoms with Crippen molar-refractivity contribution in [2.45, 2.75) is 12.8 Å². The topological polar surface area (TPSA) is 142 Å². The largest absolute Gasteiger partial charge is 0.481 e. The maximum Gasteiger partial charge on any atom is 0.352 e. The first-order chi connectivity index (χ1) is 10.3. The van der Waals surface area contributed by atoms with Crippen LogP contribution in [0.5, 0.6) is 0 Å². The number of nitrogens with zero attached hydrogens (tertiary/aromatic N) is 3. The SMILES string of the molecule is CC1=NN=C(C(=O)O)C(c2cccc([N+](=O)[O-])c2)C1C(=O)O. The molecule has 1 aromatic rings. The molecule has 2 unspecified atom stereocenters. The number of benzene rings is 1. The van der Waals surface area contributed by atoms with E-state index in [1.165, 1.54) is 25.1 Å². The van der Waals surface area contributed by atoms with E-state index < -0.39 is 34.4 Å². The van der Waals surface area contributed by atoms with Crippen LogP contribution in [-0.2, 0) is 9.59 Å². The van der Waals surface area contributed by atoms with Crippen LogP contribution in [0.1, 0.15) is 18.4 Å². The van der Waals surface area contributed by atoms with Gasteiger partial charge in [0.1, 0.15) is 5.92 Å². The lowest BCUT2D eigenvalue weighted by Gasteiger charge is -2.25. The van der Waals surface area contributed by atoms with Crippen molar-refractivity contribution in [3.8, 4) is 0 Å². The van der Waals surface area contributed by atoms with E-state index in [1.54, 1.807) is 0 Å². The van der Waals surface area contributed by atoms with Gasteiger partial charge in [0.2, 0.25) is 0 Å². The third kappa shape index (κ3) is 2.68. The normalized spacial score (nSPS) is 20.8. The molecule has 2 N–H and O–H groups in total. The summed E-state index contributed by atoms with van der Waals surface area (Å²) >= 11 is 0. The molecule has 22 heavy (non-hydrogen) atoms. The minimum absolute atomic E-state index is 0.133. The lowest BCUT2D eigenvalue weighted by Crippen LogP contribution is -2.38. The third-order valence-corrected chi connectivity index (χ3v) is 3.32. The molecule has 0 fully saturated rings. The molecule has 0 aliphatic carbocycles. The Kier molecular flexibility index (Phi) is 3.97. The molecule has 0 saturated heterocycles. The van der Waals surface area contributed by atoms with Gasteiger partial charge in [0, 0.05) is 12.1 Å². The predicted molar refractivity (Wildman–Crippen MR) is 75.1 cm³/mol. The summed E-state index contributed by atoms with van der Waals surface area (Å²) in [6, 6.07) is 5.19. The first-order valence-corrected chi connectivity index (χ1v) is 6.15. The number of rotatable bonds is 4. The molecule has 1 heterocycles. The Labute approximate surface area is 123 Å². The minimum Gasteiger partial charge on any atom is -0.481 e. The number of aliphatic carboxylic acids is 2. The zero-order valence-corrected chi connectivity index (χ0v) is 11.3. The second-order valence-electron chi connectivity index (χ2n) is 4.68. The van der Waals surface area contributed by atoms with Gasteiger partial charge in [-0.25, -0.2) is 4.79 Å². The fraction of sp³-hybridized carbons (Fsp3) is 0.231. The molecule has 0 bridgehead atoms. The molecular formula is C13H11N3O6. The van der Waals surface area contributed by atoms with Gasteiger partial charge in [-0.15, -0.1) is 5.10 Å². The number of carboxylic acids is 2. The van der Waals surface area contributed by atoms with Gasteiger partial charge in [-0.05, 0) is 12.5 Å². The Morgan fingerprint density at radius 3 is 2.50 bits per heavy atom. The lowest BCUT2D eigenvalue weighted by molar-refractivity contribution is -0.384. The second-order valence-corrected chi connectivity index (χ2v) is 4.68.